The van der Waals surface area contributed by atoms with Gasteiger partial charge in [-0.3, -0.25) is 19.2 Å². The maximum Gasteiger partial charge on any atom is 0.435 e. The van der Waals surface area contributed by atoms with Crippen molar-refractivity contribution in [3.63, 3.8) is 0 Å². The Hall–Kier alpha value is -5.79. The van der Waals surface area contributed by atoms with Crippen LogP contribution >= 0.6 is 88.6 Å². The van der Waals surface area contributed by atoms with Gasteiger partial charge in [0.1, 0.15) is 12.4 Å². The van der Waals surface area contributed by atoms with Gasteiger partial charge in [-0.25, -0.2) is 17.6 Å². The van der Waals surface area contributed by atoms with E-state index in [1.165, 1.54) is 106 Å². The minimum Gasteiger partial charge on any atom is -0.382 e. The SMILES string of the molecule is C.C.O=C(Nc1c(Br)cc(C(F)(C(F)(F)F)C(F)(F)F)cc1I)c1cccc(NCC2CC2)c1F.[C-]#[N+]c1ccc(C(=O)Cl)cn1.[C-]#[N+]c1ccc(C(=O)N(CC2CC2)c2cccc(C(=O)Nc3c(Br)cc(C(F)(C(F)(F)F)C(F)(F)F)cc3I)c2F)cn1.[V]. The standard InChI is InChI=1S/C27H16BrF8IN4O2.C20H14BrF8IN2O.C7H3ClN2O.2CH4.V/c1-38-20-8-7-14(11-39-20)24(43)41(12-13-5-6-13)19-4-2-3-16(21(19)29)23(42)40-22-17(28)9-15(10-18(22)37)25(30,26(31,32)33)27(34,35)36;21-12-6-10(18(23,19(24,25)26)20(27,28)29)7-13(30)16(12)32-17(33)11-2-1-3-14(15(11)22)31-8-9-4-5-9;1-9-6-3-2-5(4-10-6)7(8)11;;;/h2-4,7-11,13H,5-6,12H2,(H,40,42);1-3,6-7,9,31H,4-5,8H2,(H,32,33);2-4H;2*1H4;. The molecule has 2 aliphatic carbocycles. The Labute approximate surface area is 563 Å². The van der Waals surface area contributed by atoms with Crippen LogP contribution < -0.4 is 20.9 Å². The predicted octanol–water partition coefficient (Wildman–Crippen LogP) is 19.6. The predicted molar refractivity (Wildman–Crippen MR) is 322 cm³/mol. The van der Waals surface area contributed by atoms with E-state index in [0.717, 1.165) is 42.8 Å². The van der Waals surface area contributed by atoms with E-state index >= 15 is 4.39 Å². The van der Waals surface area contributed by atoms with Gasteiger partial charge in [0.05, 0.1) is 45.0 Å². The molecule has 2 aromatic heterocycles. The van der Waals surface area contributed by atoms with Gasteiger partial charge in [-0.05, 0) is 187 Å². The number of amides is 3. The molecule has 2 fully saturated rings. The number of aromatic nitrogens is 2. The van der Waals surface area contributed by atoms with Crippen LogP contribution in [0.15, 0.2) is 106 Å². The Bertz CT molecular complexity index is 3630. The summed E-state index contributed by atoms with van der Waals surface area (Å²) in [6.07, 6.45) is -19.2. The molecular weight excluding hydrogens is 1650 g/mol. The van der Waals surface area contributed by atoms with E-state index in [1.54, 1.807) is 0 Å². The zero-order valence-corrected chi connectivity index (χ0v) is 53.0. The summed E-state index contributed by atoms with van der Waals surface area (Å²) < 4.78 is 216. The van der Waals surface area contributed by atoms with Crippen molar-refractivity contribution in [2.24, 2.45) is 11.8 Å². The number of carbonyl (C=O) groups excluding carboxylic acids is 4. The molecule has 481 valence electrons. The first-order valence-electron chi connectivity index (χ1n) is 24.2. The zero-order chi connectivity index (χ0) is 64.9. The molecule has 0 bridgehead atoms. The molecule has 8 rings (SSSR count). The second-order valence-corrected chi connectivity index (χ2v) is 23.0. The average molecular weight is 1690 g/mol. The molecular formula is C56H41Br2ClF16I2N8O4V. The normalized spacial score (nSPS) is 13.1. The molecule has 3 N–H and O–H groups in total. The molecule has 90 heavy (non-hydrogen) atoms. The second kappa shape index (κ2) is 31.2. The maximum absolute atomic E-state index is 15.8. The van der Waals surface area contributed by atoms with Crippen molar-refractivity contribution in [1.29, 1.82) is 0 Å². The quantitative estimate of drug-likeness (QED) is 0.0427. The largest absolute Gasteiger partial charge is 0.435 e. The average Bonchev–Trinajstić information content (AvgIpc) is 0.962. The summed E-state index contributed by atoms with van der Waals surface area (Å²) in [5.74, 6) is -3.99. The molecule has 2 aliphatic rings. The summed E-state index contributed by atoms with van der Waals surface area (Å²) in [4.78, 5) is 64.4. The summed E-state index contributed by atoms with van der Waals surface area (Å²) in [5.41, 5.74) is -16.2. The van der Waals surface area contributed by atoms with Crippen molar-refractivity contribution in [1.82, 2.24) is 9.97 Å². The minimum absolute atomic E-state index is 0. The van der Waals surface area contributed by atoms with Gasteiger partial charge >= 0.3 is 36.0 Å². The van der Waals surface area contributed by atoms with Gasteiger partial charge in [-0.1, -0.05) is 52.3 Å². The Morgan fingerprint density at radius 3 is 1.36 bits per heavy atom. The van der Waals surface area contributed by atoms with E-state index in [1.807, 2.05) is 0 Å². The van der Waals surface area contributed by atoms with Crippen LogP contribution in [0.3, 0.4) is 0 Å². The molecule has 0 atom stereocenters. The van der Waals surface area contributed by atoms with Crippen LogP contribution in [-0.2, 0) is 29.9 Å². The Morgan fingerprint density at radius 1 is 0.600 bits per heavy atom. The first-order valence-corrected chi connectivity index (χ1v) is 28.3. The molecule has 0 unspecified atom stereocenters. The van der Waals surface area contributed by atoms with Crippen LogP contribution in [0.25, 0.3) is 9.69 Å². The van der Waals surface area contributed by atoms with Crippen molar-refractivity contribution < 1.29 is 108 Å². The van der Waals surface area contributed by atoms with Crippen LogP contribution in [0.5, 0.6) is 0 Å². The number of benzene rings is 4. The van der Waals surface area contributed by atoms with E-state index in [2.05, 4.69) is 67.5 Å². The number of alkyl halides is 14. The van der Waals surface area contributed by atoms with Crippen molar-refractivity contribution >= 4 is 146 Å². The van der Waals surface area contributed by atoms with Crippen molar-refractivity contribution in [2.75, 3.05) is 33.9 Å². The maximum atomic E-state index is 15.8. The number of halogens is 21. The topological polar surface area (TPSA) is 142 Å². The molecule has 1 radical (unpaired) electrons. The van der Waals surface area contributed by atoms with E-state index in [9.17, 15) is 85.0 Å². The van der Waals surface area contributed by atoms with Gasteiger partial charge in [0.2, 0.25) is 0 Å². The monoisotopic (exact) mass is 1690 g/mol. The molecule has 0 spiro atoms. The summed E-state index contributed by atoms with van der Waals surface area (Å²) in [6.45, 7) is 14.2. The first-order chi connectivity index (χ1) is 40.4. The number of anilines is 4. The molecule has 0 aliphatic heterocycles. The van der Waals surface area contributed by atoms with Crippen molar-refractivity contribution in [3.8, 4) is 0 Å². The fourth-order valence-corrected chi connectivity index (χ4v) is 11.1. The summed E-state index contributed by atoms with van der Waals surface area (Å²) in [6, 6.07) is 14.3. The molecule has 4 aromatic carbocycles. The number of rotatable bonds is 14. The Balaban J connectivity index is 0.000000398. The van der Waals surface area contributed by atoms with E-state index in [-0.39, 0.29) is 108 Å². The van der Waals surface area contributed by atoms with Gasteiger partial charge in [-0.2, -0.15) is 52.7 Å². The molecule has 2 saturated carbocycles. The minimum atomic E-state index is -6.35. The smallest absolute Gasteiger partial charge is 0.382 e. The molecule has 0 saturated heterocycles. The number of nitrogens with one attached hydrogen (secondary N) is 3. The third-order valence-corrected chi connectivity index (χ3v) is 15.7. The number of nitrogens with zero attached hydrogens (tertiary/aromatic N) is 5. The first kappa shape index (κ1) is 78.5. The molecule has 3 amide bonds. The van der Waals surface area contributed by atoms with Gasteiger partial charge < -0.3 is 30.5 Å². The number of hydrogen-bond acceptors (Lipinski definition) is 7. The summed E-state index contributed by atoms with van der Waals surface area (Å²) in [5, 5.41) is 6.80. The fourth-order valence-electron chi connectivity index (χ4n) is 7.60. The van der Waals surface area contributed by atoms with E-state index in [4.69, 9.17) is 24.7 Å². The Morgan fingerprint density at radius 2 is 1.00 bits per heavy atom. The zero-order valence-electron chi connectivity index (χ0n) is 43.4. The molecule has 2 heterocycles. The van der Waals surface area contributed by atoms with Gasteiger partial charge in [-0.15, -0.1) is 9.97 Å². The van der Waals surface area contributed by atoms with Crippen LogP contribution in [0, 0.1) is 43.8 Å². The van der Waals surface area contributed by atoms with Gasteiger partial charge in [0.15, 0.2) is 11.6 Å². The van der Waals surface area contributed by atoms with Crippen LogP contribution in [0.4, 0.5) is 105 Å². The third-order valence-electron chi connectivity index (χ3n) is 12.5. The Kier molecular flexibility index (Phi) is 27.2. The number of hydrogen-bond donors (Lipinski definition) is 3. The van der Waals surface area contributed by atoms with Crippen molar-refractivity contribution in [3.05, 3.63) is 181 Å². The summed E-state index contributed by atoms with van der Waals surface area (Å²) >= 11 is 13.4. The van der Waals surface area contributed by atoms with Crippen LogP contribution in [0.2, 0.25) is 0 Å². The molecule has 6 aromatic rings. The number of carbonyl (C=O) groups is 4. The fraction of sp³-hybridized carbons (Fsp3) is 0.286. The molecule has 34 heteroatoms. The number of pyridine rings is 2. The van der Waals surface area contributed by atoms with Crippen LogP contribution in [-0.4, -0.2) is 70.7 Å². The van der Waals surface area contributed by atoms with Crippen LogP contribution in [0.1, 0.15) is 93.1 Å². The summed E-state index contributed by atoms with van der Waals surface area (Å²) in [7, 11) is 0. The third kappa shape index (κ3) is 18.1. The van der Waals surface area contributed by atoms with Gasteiger partial charge in [0.25, 0.3) is 34.6 Å². The van der Waals surface area contributed by atoms with E-state index in [0.29, 0.717) is 24.1 Å². The van der Waals surface area contributed by atoms with E-state index < -0.39 is 105 Å². The molecule has 12 nitrogen and oxygen atoms in total. The second-order valence-electron chi connectivity index (χ2n) is 18.6. The van der Waals surface area contributed by atoms with Crippen molar-refractivity contribution in [2.45, 2.75) is 76.6 Å². The van der Waals surface area contributed by atoms with Gasteiger partial charge in [0, 0.05) is 58.9 Å².